The predicted molar refractivity (Wildman–Crippen MR) is 78.6 cm³/mol. The van der Waals surface area contributed by atoms with Gasteiger partial charge in [-0.3, -0.25) is 0 Å². The van der Waals surface area contributed by atoms with Gasteiger partial charge in [-0.25, -0.2) is 9.18 Å². The Bertz CT molecular complexity index is 654. The maximum atomic E-state index is 12.7. The number of carbonyl (C=O) groups is 1. The van der Waals surface area contributed by atoms with Gasteiger partial charge in [-0.2, -0.15) is 0 Å². The van der Waals surface area contributed by atoms with Crippen molar-refractivity contribution in [1.29, 1.82) is 0 Å². The molecule has 0 saturated heterocycles. The largest absolute Gasteiger partial charge is 0.384 e. The topological polar surface area (TPSA) is 64.7 Å². The zero-order valence-electron chi connectivity index (χ0n) is 10.9. The lowest BCUT2D eigenvalue weighted by atomic mass is 10.1. The van der Waals surface area contributed by atoms with E-state index in [1.165, 1.54) is 12.1 Å². The van der Waals surface area contributed by atoms with Gasteiger partial charge >= 0.3 is 5.97 Å². The fourth-order valence-corrected chi connectivity index (χ4v) is 1.71. The number of carbonyl (C=O) groups excluding carboxylic acids is 1. The summed E-state index contributed by atoms with van der Waals surface area (Å²) in [6.45, 7) is 0. The first-order chi connectivity index (χ1) is 10.0. The number of halogens is 2. The Kier molecular flexibility index (Phi) is 4.90. The van der Waals surface area contributed by atoms with E-state index in [9.17, 15) is 9.18 Å². The Hall–Kier alpha value is -2.40. The number of nitrogens with two attached hydrogens (primary N) is 1. The average molecular weight is 307 g/mol. The smallest absolute Gasteiger partial charge is 0.365 e. The third-order valence-corrected chi connectivity index (χ3v) is 2.88. The highest BCUT2D eigenvalue weighted by Crippen LogP contribution is 2.10. The first-order valence-corrected chi connectivity index (χ1v) is 6.46. The second-order valence-corrected chi connectivity index (χ2v) is 4.71. The molecule has 0 heterocycles. The van der Waals surface area contributed by atoms with Crippen LogP contribution < -0.4 is 5.73 Å². The number of hydrogen-bond acceptors (Lipinski definition) is 3. The molecule has 2 rings (SSSR count). The minimum atomic E-state index is -0.700. The lowest BCUT2D eigenvalue weighted by Gasteiger charge is -2.02. The molecule has 0 saturated carbocycles. The van der Waals surface area contributed by atoms with Crippen molar-refractivity contribution in [3.05, 3.63) is 70.5 Å². The highest BCUT2D eigenvalue weighted by atomic mass is 35.5. The van der Waals surface area contributed by atoms with Crippen LogP contribution >= 0.6 is 11.6 Å². The van der Waals surface area contributed by atoms with Gasteiger partial charge in [0.25, 0.3) is 0 Å². The molecule has 0 radical (unpaired) electrons. The van der Waals surface area contributed by atoms with Crippen molar-refractivity contribution in [2.45, 2.75) is 6.42 Å². The molecule has 0 aliphatic heterocycles. The summed E-state index contributed by atoms with van der Waals surface area (Å²) >= 11 is 5.77. The van der Waals surface area contributed by atoms with Gasteiger partial charge < -0.3 is 10.6 Å². The van der Waals surface area contributed by atoms with Crippen LogP contribution in [0, 0.1) is 5.82 Å². The number of benzene rings is 2. The summed E-state index contributed by atoms with van der Waals surface area (Å²) in [6.07, 6.45) is 0.327. The van der Waals surface area contributed by atoms with E-state index in [2.05, 4.69) is 5.16 Å². The van der Waals surface area contributed by atoms with Gasteiger partial charge in [0.2, 0.25) is 0 Å². The molecule has 0 aromatic heterocycles. The molecule has 0 aliphatic carbocycles. The van der Waals surface area contributed by atoms with Crippen molar-refractivity contribution < 1.29 is 14.0 Å². The van der Waals surface area contributed by atoms with Crippen LogP contribution in [0.1, 0.15) is 15.9 Å². The Morgan fingerprint density at radius 3 is 2.38 bits per heavy atom. The maximum Gasteiger partial charge on any atom is 0.365 e. The fourth-order valence-electron chi connectivity index (χ4n) is 1.58. The second-order valence-electron chi connectivity index (χ2n) is 4.27. The standard InChI is InChI=1S/C15H12ClFN2O2/c16-12-5-1-10(2-6-12)9-14(18)19-21-15(20)11-3-7-13(17)8-4-11/h1-8H,9H2,(H2,18,19). The Morgan fingerprint density at radius 2 is 1.76 bits per heavy atom. The van der Waals surface area contributed by atoms with E-state index in [1.54, 1.807) is 24.3 Å². The summed E-state index contributed by atoms with van der Waals surface area (Å²) in [5.41, 5.74) is 6.76. The molecule has 0 atom stereocenters. The first kappa shape index (κ1) is 15.0. The third kappa shape index (κ3) is 4.57. The quantitative estimate of drug-likeness (QED) is 0.408. The molecule has 0 bridgehead atoms. The number of nitrogens with zero attached hydrogens (tertiary/aromatic N) is 1. The molecule has 0 aliphatic rings. The zero-order chi connectivity index (χ0) is 15.2. The lowest BCUT2D eigenvalue weighted by molar-refractivity contribution is 0.0515. The van der Waals surface area contributed by atoms with Gasteiger partial charge in [0.1, 0.15) is 11.7 Å². The van der Waals surface area contributed by atoms with Crippen molar-refractivity contribution in [3.63, 3.8) is 0 Å². The molecule has 4 nitrogen and oxygen atoms in total. The van der Waals surface area contributed by atoms with Crippen LogP contribution in [0.3, 0.4) is 0 Å². The molecule has 0 spiro atoms. The fraction of sp³-hybridized carbons (Fsp3) is 0.0667. The average Bonchev–Trinajstić information content (AvgIpc) is 2.48. The second kappa shape index (κ2) is 6.85. The van der Waals surface area contributed by atoms with Crippen molar-refractivity contribution in [1.82, 2.24) is 0 Å². The Morgan fingerprint density at radius 1 is 1.14 bits per heavy atom. The Labute approximate surface area is 126 Å². The molecule has 0 fully saturated rings. The lowest BCUT2D eigenvalue weighted by Crippen LogP contribution is -2.16. The summed E-state index contributed by atoms with van der Waals surface area (Å²) in [7, 11) is 0. The van der Waals surface area contributed by atoms with Crippen molar-refractivity contribution in [2.75, 3.05) is 0 Å². The molecular formula is C15H12ClFN2O2. The van der Waals surface area contributed by atoms with E-state index in [0.717, 1.165) is 17.7 Å². The molecule has 108 valence electrons. The van der Waals surface area contributed by atoms with Crippen LogP contribution in [0.15, 0.2) is 53.7 Å². The summed E-state index contributed by atoms with van der Waals surface area (Å²) < 4.78 is 12.7. The molecular weight excluding hydrogens is 295 g/mol. The minimum Gasteiger partial charge on any atom is -0.384 e. The Balaban J connectivity index is 1.95. The number of amidine groups is 1. The predicted octanol–water partition coefficient (Wildman–Crippen LogP) is 3.15. The summed E-state index contributed by atoms with van der Waals surface area (Å²) in [5, 5.41) is 4.18. The highest BCUT2D eigenvalue weighted by Gasteiger charge is 2.07. The number of rotatable bonds is 4. The van der Waals surface area contributed by atoms with Crippen LogP contribution in [0.2, 0.25) is 5.02 Å². The maximum absolute atomic E-state index is 12.7. The van der Waals surface area contributed by atoms with Gasteiger partial charge in [-0.05, 0) is 42.0 Å². The molecule has 2 aromatic rings. The van der Waals surface area contributed by atoms with Crippen LogP contribution in [0.4, 0.5) is 4.39 Å². The van der Waals surface area contributed by atoms with Gasteiger partial charge in [0, 0.05) is 11.4 Å². The molecule has 6 heteroatoms. The molecule has 0 amide bonds. The van der Waals surface area contributed by atoms with Gasteiger partial charge in [0.15, 0.2) is 0 Å². The van der Waals surface area contributed by atoms with Gasteiger partial charge in [-0.15, -0.1) is 0 Å². The van der Waals surface area contributed by atoms with Crippen LogP contribution in [0.5, 0.6) is 0 Å². The number of oxime groups is 1. The van der Waals surface area contributed by atoms with E-state index >= 15 is 0 Å². The van der Waals surface area contributed by atoms with Crippen LogP contribution in [-0.4, -0.2) is 11.8 Å². The van der Waals surface area contributed by atoms with Gasteiger partial charge in [-0.1, -0.05) is 28.9 Å². The van der Waals surface area contributed by atoms with E-state index in [1.807, 2.05) is 0 Å². The van der Waals surface area contributed by atoms with E-state index in [4.69, 9.17) is 22.2 Å². The monoisotopic (exact) mass is 306 g/mol. The molecule has 2 aromatic carbocycles. The molecule has 2 N–H and O–H groups in total. The van der Waals surface area contributed by atoms with Crippen molar-refractivity contribution in [2.24, 2.45) is 10.9 Å². The number of hydrogen-bond donors (Lipinski definition) is 1. The van der Waals surface area contributed by atoms with E-state index in [-0.39, 0.29) is 11.4 Å². The first-order valence-electron chi connectivity index (χ1n) is 6.08. The SMILES string of the molecule is N/C(Cc1ccc(Cl)cc1)=N/OC(=O)c1ccc(F)cc1. The minimum absolute atomic E-state index is 0.146. The molecule has 0 unspecified atom stereocenters. The van der Waals surface area contributed by atoms with Crippen LogP contribution in [0.25, 0.3) is 0 Å². The van der Waals surface area contributed by atoms with E-state index in [0.29, 0.717) is 11.4 Å². The normalized spacial score (nSPS) is 11.2. The van der Waals surface area contributed by atoms with E-state index < -0.39 is 11.8 Å². The molecule has 21 heavy (non-hydrogen) atoms. The summed E-state index contributed by atoms with van der Waals surface area (Å²) in [6, 6.07) is 12.0. The highest BCUT2D eigenvalue weighted by molar-refractivity contribution is 6.30. The third-order valence-electron chi connectivity index (χ3n) is 2.62. The van der Waals surface area contributed by atoms with Crippen LogP contribution in [-0.2, 0) is 11.3 Å². The zero-order valence-corrected chi connectivity index (χ0v) is 11.7. The summed E-state index contributed by atoms with van der Waals surface area (Å²) in [4.78, 5) is 16.3. The van der Waals surface area contributed by atoms with Crippen molar-refractivity contribution in [3.8, 4) is 0 Å². The van der Waals surface area contributed by atoms with Gasteiger partial charge in [0.05, 0.1) is 5.56 Å². The van der Waals surface area contributed by atoms with Crippen molar-refractivity contribution >= 4 is 23.4 Å². The summed E-state index contributed by atoms with van der Waals surface area (Å²) in [5.74, 6) is -0.987.